The summed E-state index contributed by atoms with van der Waals surface area (Å²) in [7, 11) is 0. The van der Waals surface area contributed by atoms with Gasteiger partial charge in [0.1, 0.15) is 12.4 Å². The van der Waals surface area contributed by atoms with Crippen molar-refractivity contribution in [3.05, 3.63) is 90.5 Å². The Labute approximate surface area is 146 Å². The third-order valence-corrected chi connectivity index (χ3v) is 3.68. The van der Waals surface area contributed by atoms with Gasteiger partial charge in [-0.05, 0) is 35.0 Å². The number of hydrogen-bond acceptors (Lipinski definition) is 3. The predicted octanol–water partition coefficient (Wildman–Crippen LogP) is 4.17. The Morgan fingerprint density at radius 3 is 2.60 bits per heavy atom. The lowest BCUT2D eigenvalue weighted by Crippen LogP contribution is -2.17. The number of carbonyl (C=O) groups is 1. The first-order valence-corrected chi connectivity index (χ1v) is 7.93. The summed E-state index contributed by atoms with van der Waals surface area (Å²) in [5.41, 5.74) is 4.01. The van der Waals surface area contributed by atoms with E-state index in [0.29, 0.717) is 17.9 Å². The van der Waals surface area contributed by atoms with E-state index < -0.39 is 0 Å². The molecule has 1 amide bonds. The van der Waals surface area contributed by atoms with Gasteiger partial charge in [-0.3, -0.25) is 4.79 Å². The number of nitrogens with one attached hydrogen (secondary N) is 1. The molecule has 0 unspecified atom stereocenters. The summed E-state index contributed by atoms with van der Waals surface area (Å²) >= 11 is 0. The van der Waals surface area contributed by atoms with Crippen LogP contribution >= 0.6 is 0 Å². The summed E-state index contributed by atoms with van der Waals surface area (Å²) in [6.45, 7) is 4.03. The summed E-state index contributed by atoms with van der Waals surface area (Å²) < 4.78 is 5.39. The lowest BCUT2D eigenvalue weighted by atomic mass is 10.1. The van der Waals surface area contributed by atoms with E-state index in [0.717, 1.165) is 16.3 Å². The lowest BCUT2D eigenvalue weighted by Gasteiger charge is -2.04. The molecule has 0 fully saturated rings. The van der Waals surface area contributed by atoms with E-state index in [4.69, 9.17) is 4.74 Å². The fourth-order valence-corrected chi connectivity index (χ4v) is 2.45. The highest BCUT2D eigenvalue weighted by molar-refractivity contribution is 6.00. The molecule has 1 N–H and O–H groups in total. The molecule has 4 nitrogen and oxygen atoms in total. The third-order valence-electron chi connectivity index (χ3n) is 3.68. The van der Waals surface area contributed by atoms with Gasteiger partial charge in [-0.15, -0.1) is 0 Å². The molecule has 3 aromatic rings. The average Bonchev–Trinajstić information content (AvgIpc) is 2.67. The van der Waals surface area contributed by atoms with Gasteiger partial charge in [-0.25, -0.2) is 5.43 Å². The van der Waals surface area contributed by atoms with Gasteiger partial charge in [-0.1, -0.05) is 55.1 Å². The molecule has 0 radical (unpaired) electrons. The van der Waals surface area contributed by atoms with Gasteiger partial charge in [-0.2, -0.15) is 5.10 Å². The normalized spacial score (nSPS) is 10.7. The van der Waals surface area contributed by atoms with Crippen LogP contribution in [0.25, 0.3) is 10.8 Å². The fraction of sp³-hybridized carbons (Fsp3) is 0.0476. The van der Waals surface area contributed by atoms with E-state index in [1.54, 1.807) is 36.6 Å². The van der Waals surface area contributed by atoms with Crippen molar-refractivity contribution in [1.29, 1.82) is 0 Å². The lowest BCUT2D eigenvalue weighted by molar-refractivity contribution is 0.0955. The van der Waals surface area contributed by atoms with Gasteiger partial charge >= 0.3 is 0 Å². The summed E-state index contributed by atoms with van der Waals surface area (Å²) in [6, 6.07) is 20.9. The Kier molecular flexibility index (Phi) is 5.22. The van der Waals surface area contributed by atoms with Crippen LogP contribution in [0.4, 0.5) is 0 Å². The minimum Gasteiger partial charge on any atom is -0.490 e. The molecular weight excluding hydrogens is 312 g/mol. The zero-order chi connectivity index (χ0) is 17.5. The largest absolute Gasteiger partial charge is 0.490 e. The van der Waals surface area contributed by atoms with E-state index in [-0.39, 0.29) is 5.91 Å². The van der Waals surface area contributed by atoms with Crippen molar-refractivity contribution in [2.24, 2.45) is 5.10 Å². The van der Waals surface area contributed by atoms with Crippen LogP contribution in [0.15, 0.2) is 84.5 Å². The molecule has 124 valence electrons. The standard InChI is InChI=1S/C21H18N2O2/c1-2-14-25-19-12-10-17(11-13-19)21(24)23-22-15-18-8-5-7-16-6-3-4-9-20(16)18/h2-13,15H,1,14H2,(H,23,24)/b22-15+. The van der Waals surface area contributed by atoms with Gasteiger partial charge in [0, 0.05) is 11.1 Å². The Morgan fingerprint density at radius 1 is 1.04 bits per heavy atom. The SMILES string of the molecule is C=CCOc1ccc(C(=O)N/N=C/c2cccc3ccccc23)cc1. The third kappa shape index (κ3) is 4.12. The van der Waals surface area contributed by atoms with E-state index in [1.807, 2.05) is 42.5 Å². The summed E-state index contributed by atoms with van der Waals surface area (Å²) in [4.78, 5) is 12.1. The molecule has 0 saturated heterocycles. The number of rotatable bonds is 6. The van der Waals surface area contributed by atoms with E-state index >= 15 is 0 Å². The van der Waals surface area contributed by atoms with E-state index in [1.165, 1.54) is 0 Å². The topological polar surface area (TPSA) is 50.7 Å². The minimum atomic E-state index is -0.272. The van der Waals surface area contributed by atoms with Gasteiger partial charge in [0.05, 0.1) is 6.21 Å². The maximum atomic E-state index is 12.1. The molecular formula is C21H18N2O2. The van der Waals surface area contributed by atoms with Crippen LogP contribution < -0.4 is 10.2 Å². The molecule has 0 aromatic heterocycles. The number of amides is 1. The summed E-state index contributed by atoms with van der Waals surface area (Å²) in [6.07, 6.45) is 3.32. The maximum Gasteiger partial charge on any atom is 0.271 e. The molecule has 0 aliphatic rings. The Morgan fingerprint density at radius 2 is 1.80 bits per heavy atom. The van der Waals surface area contributed by atoms with Crippen molar-refractivity contribution in [1.82, 2.24) is 5.43 Å². The monoisotopic (exact) mass is 330 g/mol. The first-order valence-electron chi connectivity index (χ1n) is 7.93. The molecule has 0 bridgehead atoms. The molecule has 3 rings (SSSR count). The smallest absolute Gasteiger partial charge is 0.271 e. The van der Waals surface area contributed by atoms with Crippen LogP contribution in [0.1, 0.15) is 15.9 Å². The molecule has 0 heterocycles. The number of hydrogen-bond donors (Lipinski definition) is 1. The van der Waals surface area contributed by atoms with Crippen LogP contribution in [0.2, 0.25) is 0 Å². The maximum absolute atomic E-state index is 12.1. The van der Waals surface area contributed by atoms with Crippen molar-refractivity contribution in [3.63, 3.8) is 0 Å². The number of fused-ring (bicyclic) bond motifs is 1. The first kappa shape index (κ1) is 16.5. The molecule has 0 aliphatic carbocycles. The van der Waals surface area contributed by atoms with Crippen LogP contribution in [0.3, 0.4) is 0 Å². The Balaban J connectivity index is 1.67. The van der Waals surface area contributed by atoms with Crippen molar-refractivity contribution in [2.45, 2.75) is 0 Å². The van der Waals surface area contributed by atoms with Crippen LogP contribution in [-0.4, -0.2) is 18.7 Å². The molecule has 0 saturated carbocycles. The number of ether oxygens (including phenoxy) is 1. The summed E-state index contributed by atoms with van der Waals surface area (Å²) in [5, 5.41) is 6.29. The van der Waals surface area contributed by atoms with Gasteiger partial charge in [0.15, 0.2) is 0 Å². The van der Waals surface area contributed by atoms with Gasteiger partial charge < -0.3 is 4.74 Å². The highest BCUT2D eigenvalue weighted by Crippen LogP contribution is 2.16. The van der Waals surface area contributed by atoms with Gasteiger partial charge in [0.2, 0.25) is 0 Å². The highest BCUT2D eigenvalue weighted by Gasteiger charge is 2.04. The first-order chi connectivity index (χ1) is 12.3. The minimum absolute atomic E-state index is 0.272. The second-order valence-corrected chi connectivity index (χ2v) is 5.39. The molecule has 4 heteroatoms. The van der Waals surface area contributed by atoms with Crippen LogP contribution in [0, 0.1) is 0 Å². The molecule has 0 atom stereocenters. The molecule has 0 aliphatic heterocycles. The number of carbonyl (C=O) groups excluding carboxylic acids is 1. The Hall–Kier alpha value is -3.40. The highest BCUT2D eigenvalue weighted by atomic mass is 16.5. The molecule has 3 aromatic carbocycles. The zero-order valence-electron chi connectivity index (χ0n) is 13.7. The average molecular weight is 330 g/mol. The second-order valence-electron chi connectivity index (χ2n) is 5.39. The second kappa shape index (κ2) is 7.93. The van der Waals surface area contributed by atoms with Crippen molar-refractivity contribution in [2.75, 3.05) is 6.61 Å². The predicted molar refractivity (Wildman–Crippen MR) is 101 cm³/mol. The summed E-state index contributed by atoms with van der Waals surface area (Å²) in [5.74, 6) is 0.419. The van der Waals surface area contributed by atoms with Gasteiger partial charge in [0.25, 0.3) is 5.91 Å². The fourth-order valence-electron chi connectivity index (χ4n) is 2.45. The molecule has 25 heavy (non-hydrogen) atoms. The Bertz CT molecular complexity index is 909. The number of benzene rings is 3. The van der Waals surface area contributed by atoms with Crippen LogP contribution in [0.5, 0.6) is 5.75 Å². The van der Waals surface area contributed by atoms with Crippen molar-refractivity contribution >= 4 is 22.9 Å². The number of nitrogens with zero attached hydrogens (tertiary/aromatic N) is 1. The zero-order valence-corrected chi connectivity index (χ0v) is 13.7. The quantitative estimate of drug-likeness (QED) is 0.419. The number of hydrazone groups is 1. The van der Waals surface area contributed by atoms with Crippen molar-refractivity contribution < 1.29 is 9.53 Å². The molecule has 0 spiro atoms. The van der Waals surface area contributed by atoms with E-state index in [9.17, 15) is 4.79 Å². The van der Waals surface area contributed by atoms with Crippen molar-refractivity contribution in [3.8, 4) is 5.75 Å². The van der Waals surface area contributed by atoms with E-state index in [2.05, 4.69) is 17.1 Å². The van der Waals surface area contributed by atoms with Crippen LogP contribution in [-0.2, 0) is 0 Å².